The molecule has 0 rings (SSSR count). The Morgan fingerprint density at radius 2 is 1.89 bits per heavy atom. The molecule has 0 saturated carbocycles. The number of ketones is 1. The highest BCUT2D eigenvalue weighted by Crippen LogP contribution is 2.06. The zero-order valence-corrected chi connectivity index (χ0v) is 10.8. The highest BCUT2D eigenvalue weighted by Gasteiger charge is 2.30. The van der Waals surface area contributed by atoms with Gasteiger partial charge in [0.2, 0.25) is 0 Å². The van der Waals surface area contributed by atoms with E-state index in [4.69, 9.17) is 10.2 Å². The summed E-state index contributed by atoms with van der Waals surface area (Å²) in [6.45, 7) is 2.20. The van der Waals surface area contributed by atoms with E-state index >= 15 is 0 Å². The minimum atomic E-state index is -2.11. The van der Waals surface area contributed by atoms with Crippen molar-refractivity contribution in [2.75, 3.05) is 13.2 Å². The molecular weight excluding hydrogens is 261 g/mol. The van der Waals surface area contributed by atoms with Gasteiger partial charge in [-0.1, -0.05) is 19.0 Å². The summed E-state index contributed by atoms with van der Waals surface area (Å²) in [5.41, 5.74) is 0. The molecule has 0 spiro atoms. The number of alkyl halides is 1. The number of aliphatic hydroxyl groups is 4. The van der Waals surface area contributed by atoms with Crippen molar-refractivity contribution < 1.29 is 34.4 Å². The van der Waals surface area contributed by atoms with Gasteiger partial charge in [-0.2, -0.15) is 0 Å². The molecule has 0 unspecified atom stereocenters. The van der Waals surface area contributed by atoms with Crippen LogP contribution in [0.15, 0.2) is 5.16 Å². The van der Waals surface area contributed by atoms with Crippen LogP contribution in [0.1, 0.15) is 13.8 Å². The third-order valence-corrected chi connectivity index (χ3v) is 2.39. The van der Waals surface area contributed by atoms with Crippen molar-refractivity contribution in [2.45, 2.75) is 38.3 Å². The summed E-state index contributed by atoms with van der Waals surface area (Å²) >= 11 is 0. The van der Waals surface area contributed by atoms with Crippen LogP contribution >= 0.6 is 0 Å². The minimum Gasteiger partial charge on any atom is -0.394 e. The number of carbonyl (C=O) groups is 1. The molecule has 0 fully saturated rings. The highest BCUT2D eigenvalue weighted by atomic mass is 19.1. The van der Waals surface area contributed by atoms with E-state index in [-0.39, 0.29) is 18.3 Å². The third kappa shape index (κ3) is 6.58. The molecule has 19 heavy (non-hydrogen) atoms. The van der Waals surface area contributed by atoms with E-state index in [0.29, 0.717) is 6.21 Å². The van der Waals surface area contributed by atoms with Gasteiger partial charge in [0.05, 0.1) is 12.8 Å². The molecule has 0 heterocycles. The lowest BCUT2D eigenvalue weighted by Gasteiger charge is -2.22. The molecule has 0 aromatic rings. The van der Waals surface area contributed by atoms with Crippen molar-refractivity contribution in [3.05, 3.63) is 0 Å². The van der Waals surface area contributed by atoms with Crippen molar-refractivity contribution in [3.8, 4) is 0 Å². The first-order chi connectivity index (χ1) is 8.81. The van der Waals surface area contributed by atoms with E-state index in [1.165, 1.54) is 0 Å². The average molecular weight is 281 g/mol. The average Bonchev–Trinajstić information content (AvgIpc) is 2.39. The Hall–Kier alpha value is -1.09. The monoisotopic (exact) mass is 281 g/mol. The first kappa shape index (κ1) is 17.9. The molecule has 8 heteroatoms. The largest absolute Gasteiger partial charge is 0.394 e. The van der Waals surface area contributed by atoms with Crippen LogP contribution in [0.3, 0.4) is 0 Å². The maximum Gasteiger partial charge on any atom is 0.175 e. The Labute approximate surface area is 110 Å². The Bertz CT molecular complexity index is 299. The Morgan fingerprint density at radius 1 is 1.32 bits per heavy atom. The first-order valence-electron chi connectivity index (χ1n) is 5.78. The SMILES string of the molecule is CC(C)C(=O)CO/N=C/[C@H](F)[C@@H](O)[C@H](O)[C@H](O)CO. The lowest BCUT2D eigenvalue weighted by Crippen LogP contribution is -2.44. The van der Waals surface area contributed by atoms with Crippen molar-refractivity contribution in [3.63, 3.8) is 0 Å². The molecule has 4 N–H and O–H groups in total. The van der Waals surface area contributed by atoms with Gasteiger partial charge in [0.1, 0.15) is 18.3 Å². The predicted molar refractivity (Wildman–Crippen MR) is 64.3 cm³/mol. The van der Waals surface area contributed by atoms with Crippen LogP contribution in [0.4, 0.5) is 4.39 Å². The van der Waals surface area contributed by atoms with Crippen molar-refractivity contribution in [1.29, 1.82) is 0 Å². The highest BCUT2D eigenvalue weighted by molar-refractivity contribution is 5.81. The van der Waals surface area contributed by atoms with Crippen LogP contribution in [-0.4, -0.2) is 70.1 Å². The second kappa shape index (κ2) is 8.92. The smallest absolute Gasteiger partial charge is 0.175 e. The van der Waals surface area contributed by atoms with Crippen LogP contribution < -0.4 is 0 Å². The van der Waals surface area contributed by atoms with Gasteiger partial charge in [-0.05, 0) is 0 Å². The van der Waals surface area contributed by atoms with Crippen LogP contribution in [0.5, 0.6) is 0 Å². The Balaban J connectivity index is 4.15. The number of oxime groups is 1. The first-order valence-corrected chi connectivity index (χ1v) is 5.78. The van der Waals surface area contributed by atoms with Crippen molar-refractivity contribution in [1.82, 2.24) is 0 Å². The number of carbonyl (C=O) groups excluding carboxylic acids is 1. The molecule has 0 aliphatic heterocycles. The lowest BCUT2D eigenvalue weighted by atomic mass is 10.1. The predicted octanol–water partition coefficient (Wildman–Crippen LogP) is -1.37. The van der Waals surface area contributed by atoms with Gasteiger partial charge in [-0.3, -0.25) is 4.79 Å². The molecule has 112 valence electrons. The van der Waals surface area contributed by atoms with Gasteiger partial charge in [0.15, 0.2) is 18.6 Å². The van der Waals surface area contributed by atoms with Crippen LogP contribution in [0, 0.1) is 5.92 Å². The molecule has 0 bridgehead atoms. The minimum absolute atomic E-state index is 0.219. The van der Waals surface area contributed by atoms with E-state index in [0.717, 1.165) is 0 Å². The van der Waals surface area contributed by atoms with Gasteiger partial charge in [0.25, 0.3) is 0 Å². The summed E-state index contributed by atoms with van der Waals surface area (Å²) in [6.07, 6.45) is -7.03. The van der Waals surface area contributed by atoms with E-state index in [1.54, 1.807) is 13.8 Å². The fraction of sp³-hybridized carbons (Fsp3) is 0.818. The van der Waals surface area contributed by atoms with E-state index in [1.807, 2.05) is 0 Å². The van der Waals surface area contributed by atoms with E-state index in [9.17, 15) is 19.4 Å². The summed E-state index contributed by atoms with van der Waals surface area (Å²) in [7, 11) is 0. The maximum atomic E-state index is 13.3. The molecule has 0 aromatic heterocycles. The second-order valence-corrected chi connectivity index (χ2v) is 4.32. The van der Waals surface area contributed by atoms with Gasteiger partial charge in [-0.25, -0.2) is 4.39 Å². The molecule has 7 nitrogen and oxygen atoms in total. The summed E-state index contributed by atoms with van der Waals surface area (Å²) in [5, 5.41) is 39.2. The number of rotatable bonds is 9. The van der Waals surface area contributed by atoms with Crippen LogP contribution in [0.2, 0.25) is 0 Å². The van der Waals surface area contributed by atoms with Crippen molar-refractivity contribution in [2.24, 2.45) is 11.1 Å². The molecule has 4 atom stereocenters. The number of nitrogens with zero attached hydrogens (tertiary/aromatic N) is 1. The third-order valence-electron chi connectivity index (χ3n) is 2.39. The van der Waals surface area contributed by atoms with Crippen LogP contribution in [0.25, 0.3) is 0 Å². The van der Waals surface area contributed by atoms with Gasteiger partial charge < -0.3 is 25.3 Å². The molecule has 0 amide bonds. The van der Waals surface area contributed by atoms with Gasteiger partial charge >= 0.3 is 0 Å². The van der Waals surface area contributed by atoms with Crippen molar-refractivity contribution >= 4 is 12.0 Å². The van der Waals surface area contributed by atoms with Gasteiger partial charge in [0, 0.05) is 5.92 Å². The zero-order chi connectivity index (χ0) is 15.0. The normalized spacial score (nSPS) is 18.3. The summed E-state index contributed by atoms with van der Waals surface area (Å²) in [4.78, 5) is 15.6. The Morgan fingerprint density at radius 3 is 2.37 bits per heavy atom. The standard InChI is InChI=1S/C11H20FNO6/c1-6(2)9(16)5-19-13-3-7(12)10(17)11(18)8(15)4-14/h3,6-8,10-11,14-15,17-18H,4-5H2,1-2H3/b13-3+/t7-,8+,10+,11+/m0/s1. The fourth-order valence-electron chi connectivity index (χ4n) is 0.981. The molecular formula is C11H20FNO6. The second-order valence-electron chi connectivity index (χ2n) is 4.32. The van der Waals surface area contributed by atoms with Gasteiger partial charge in [-0.15, -0.1) is 0 Å². The summed E-state index contributed by atoms with van der Waals surface area (Å²) in [6, 6.07) is 0. The number of halogens is 1. The number of Topliss-reactive ketones (excluding diaryl/α,β-unsaturated/α-hetero) is 1. The fourth-order valence-corrected chi connectivity index (χ4v) is 0.981. The topological polar surface area (TPSA) is 120 Å². The lowest BCUT2D eigenvalue weighted by molar-refractivity contribution is -0.126. The van der Waals surface area contributed by atoms with E-state index < -0.39 is 31.1 Å². The maximum absolute atomic E-state index is 13.3. The van der Waals surface area contributed by atoms with E-state index in [2.05, 4.69) is 9.99 Å². The number of aliphatic hydroxyl groups excluding tert-OH is 4. The Kier molecular flexibility index (Phi) is 8.41. The molecule has 0 radical (unpaired) electrons. The van der Waals surface area contributed by atoms with Crippen LogP contribution in [-0.2, 0) is 9.63 Å². The molecule has 0 aliphatic rings. The summed E-state index contributed by atoms with van der Waals surface area (Å²) in [5.74, 6) is -0.452. The molecule has 0 aromatic carbocycles. The summed E-state index contributed by atoms with van der Waals surface area (Å²) < 4.78 is 13.3. The number of hydrogen-bond donors (Lipinski definition) is 4. The zero-order valence-electron chi connectivity index (χ0n) is 10.8. The molecule has 0 saturated heterocycles. The molecule has 0 aliphatic carbocycles. The number of hydrogen-bond acceptors (Lipinski definition) is 7. The quantitative estimate of drug-likeness (QED) is 0.306.